The highest BCUT2D eigenvalue weighted by Crippen LogP contribution is 2.32. The molecule has 1 N–H and O–H groups in total. The average Bonchev–Trinajstić information content (AvgIpc) is 2.92. The van der Waals surface area contributed by atoms with E-state index in [-0.39, 0.29) is 6.54 Å². The fourth-order valence-corrected chi connectivity index (χ4v) is 3.69. The number of amides is 3. The van der Waals surface area contributed by atoms with Crippen molar-refractivity contribution in [1.29, 1.82) is 0 Å². The first-order valence-electron chi connectivity index (χ1n) is 8.83. The number of carbonyl (C=O) groups excluding carboxylic acids is 3. The zero-order valence-electron chi connectivity index (χ0n) is 16.2. The Morgan fingerprint density at radius 2 is 1.86 bits per heavy atom. The van der Waals surface area contributed by atoms with Crippen LogP contribution in [0, 0.1) is 6.92 Å². The number of nitrogens with zero attached hydrogens (tertiary/aromatic N) is 2. The summed E-state index contributed by atoms with van der Waals surface area (Å²) in [5.41, 5.74) is 3.23. The van der Waals surface area contributed by atoms with Crippen LogP contribution in [0.1, 0.15) is 11.1 Å². The number of nitrogens with one attached hydrogen (secondary N) is 1. The van der Waals surface area contributed by atoms with Gasteiger partial charge in [0.1, 0.15) is 6.54 Å². The van der Waals surface area contributed by atoms with Crippen molar-refractivity contribution >= 4 is 57.9 Å². The van der Waals surface area contributed by atoms with E-state index in [2.05, 4.69) is 5.32 Å². The Balaban J connectivity index is 1.68. The van der Waals surface area contributed by atoms with Gasteiger partial charge in [-0.05, 0) is 60.2 Å². The van der Waals surface area contributed by atoms with E-state index in [1.165, 1.54) is 0 Å². The summed E-state index contributed by atoms with van der Waals surface area (Å²) in [4.78, 5) is 40.3. The van der Waals surface area contributed by atoms with E-state index in [1.807, 2.05) is 50.2 Å². The van der Waals surface area contributed by atoms with Gasteiger partial charge in [0.2, 0.25) is 5.91 Å². The molecule has 0 radical (unpaired) electrons. The van der Waals surface area contributed by atoms with Crippen LogP contribution in [0.4, 0.5) is 16.2 Å². The minimum absolute atomic E-state index is 0.291. The molecular weight excluding hydrogens is 410 g/mol. The molecule has 0 unspecified atom stereocenters. The van der Waals surface area contributed by atoms with E-state index >= 15 is 0 Å². The van der Waals surface area contributed by atoms with E-state index in [9.17, 15) is 14.4 Å². The first-order valence-corrected chi connectivity index (χ1v) is 10.0. The van der Waals surface area contributed by atoms with Gasteiger partial charge in [-0.3, -0.25) is 19.3 Å². The van der Waals surface area contributed by atoms with E-state index in [4.69, 9.17) is 11.6 Å². The minimum Gasteiger partial charge on any atom is -0.378 e. The molecule has 2 aromatic rings. The summed E-state index contributed by atoms with van der Waals surface area (Å²) in [5, 5.41) is 2.71. The topological polar surface area (TPSA) is 69.7 Å². The molecule has 3 amide bonds. The summed E-state index contributed by atoms with van der Waals surface area (Å²) in [7, 11) is 3.88. The number of imide groups is 1. The summed E-state index contributed by atoms with van der Waals surface area (Å²) in [6.45, 7) is 1.50. The van der Waals surface area contributed by atoms with Crippen molar-refractivity contribution in [3.8, 4) is 0 Å². The Morgan fingerprint density at radius 3 is 2.48 bits per heavy atom. The molecular formula is C21H20ClN3O3S. The van der Waals surface area contributed by atoms with Crippen LogP contribution < -0.4 is 10.2 Å². The number of carbonyl (C=O) groups is 3. The highest BCUT2D eigenvalue weighted by molar-refractivity contribution is 8.18. The Labute approximate surface area is 178 Å². The number of halogens is 1. The Kier molecular flexibility index (Phi) is 6.30. The summed E-state index contributed by atoms with van der Waals surface area (Å²) in [5.74, 6) is -0.947. The monoisotopic (exact) mass is 429 g/mol. The molecule has 2 aromatic carbocycles. The first-order chi connectivity index (χ1) is 13.7. The van der Waals surface area contributed by atoms with Gasteiger partial charge in [0.15, 0.2) is 0 Å². The SMILES string of the molecule is Cc1ccc(NC(=O)CN2C(=O)S/C(=C/c3ccc(N(C)C)cc3)C2=O)cc1Cl. The van der Waals surface area contributed by atoms with Crippen LogP contribution in [0.25, 0.3) is 6.08 Å². The number of benzene rings is 2. The molecule has 8 heteroatoms. The molecule has 1 fully saturated rings. The van der Waals surface area contributed by atoms with Gasteiger partial charge in [-0.2, -0.15) is 0 Å². The molecule has 1 aliphatic heterocycles. The molecule has 0 aliphatic carbocycles. The predicted molar refractivity (Wildman–Crippen MR) is 118 cm³/mol. The van der Waals surface area contributed by atoms with Gasteiger partial charge in [0, 0.05) is 30.5 Å². The third-order valence-electron chi connectivity index (χ3n) is 4.34. The largest absolute Gasteiger partial charge is 0.378 e. The Bertz CT molecular complexity index is 1000. The van der Waals surface area contributed by atoms with Gasteiger partial charge in [0.05, 0.1) is 4.91 Å². The lowest BCUT2D eigenvalue weighted by molar-refractivity contribution is -0.127. The zero-order valence-corrected chi connectivity index (χ0v) is 17.8. The maximum Gasteiger partial charge on any atom is 0.294 e. The Hall–Kier alpha value is -2.77. The summed E-state index contributed by atoms with van der Waals surface area (Å²) in [6, 6.07) is 12.7. The maximum absolute atomic E-state index is 12.6. The van der Waals surface area contributed by atoms with Crippen LogP contribution >= 0.6 is 23.4 Å². The van der Waals surface area contributed by atoms with Gasteiger partial charge in [-0.1, -0.05) is 29.8 Å². The molecule has 3 rings (SSSR count). The molecule has 29 heavy (non-hydrogen) atoms. The van der Waals surface area contributed by atoms with E-state index in [1.54, 1.807) is 24.3 Å². The molecule has 0 spiro atoms. The van der Waals surface area contributed by atoms with Crippen molar-refractivity contribution in [2.45, 2.75) is 6.92 Å². The van der Waals surface area contributed by atoms with Gasteiger partial charge in [-0.25, -0.2) is 0 Å². The van der Waals surface area contributed by atoms with Crippen molar-refractivity contribution in [3.05, 3.63) is 63.5 Å². The zero-order chi connectivity index (χ0) is 21.1. The summed E-state index contributed by atoms with van der Waals surface area (Å²) in [6.07, 6.45) is 1.65. The standard InChI is InChI=1S/C21H20ClN3O3S/c1-13-4-7-15(11-17(13)22)23-19(26)12-25-20(27)18(29-21(25)28)10-14-5-8-16(9-6-14)24(2)3/h4-11H,12H2,1-3H3,(H,23,26)/b18-10+. The first kappa shape index (κ1) is 21.0. The number of hydrogen-bond donors (Lipinski definition) is 1. The molecule has 1 saturated heterocycles. The van der Waals surface area contributed by atoms with Gasteiger partial charge >= 0.3 is 0 Å². The molecule has 150 valence electrons. The highest BCUT2D eigenvalue weighted by Gasteiger charge is 2.36. The lowest BCUT2D eigenvalue weighted by Crippen LogP contribution is -2.36. The molecule has 0 saturated carbocycles. The number of aryl methyl sites for hydroxylation is 1. The number of anilines is 2. The van der Waals surface area contributed by atoms with E-state index in [0.717, 1.165) is 33.5 Å². The highest BCUT2D eigenvalue weighted by atomic mass is 35.5. The average molecular weight is 430 g/mol. The molecule has 0 aromatic heterocycles. The van der Waals surface area contributed by atoms with Crippen molar-refractivity contribution in [3.63, 3.8) is 0 Å². The van der Waals surface area contributed by atoms with Crippen LogP contribution in [0.2, 0.25) is 5.02 Å². The van der Waals surface area contributed by atoms with E-state index < -0.39 is 17.1 Å². The van der Waals surface area contributed by atoms with Crippen LogP contribution in [-0.4, -0.2) is 42.6 Å². The molecule has 1 aliphatic rings. The minimum atomic E-state index is -0.478. The van der Waals surface area contributed by atoms with Crippen LogP contribution in [-0.2, 0) is 9.59 Å². The van der Waals surface area contributed by atoms with E-state index in [0.29, 0.717) is 15.6 Å². The third kappa shape index (κ3) is 4.99. The van der Waals surface area contributed by atoms with Crippen molar-refractivity contribution in [1.82, 2.24) is 4.90 Å². The smallest absolute Gasteiger partial charge is 0.294 e. The van der Waals surface area contributed by atoms with Gasteiger partial charge in [-0.15, -0.1) is 0 Å². The maximum atomic E-state index is 12.6. The second-order valence-electron chi connectivity index (χ2n) is 6.77. The molecule has 0 atom stereocenters. The van der Waals surface area contributed by atoms with Crippen LogP contribution in [0.5, 0.6) is 0 Å². The van der Waals surface area contributed by atoms with Gasteiger partial charge in [0.25, 0.3) is 11.1 Å². The van der Waals surface area contributed by atoms with Crippen molar-refractivity contribution in [2.24, 2.45) is 0 Å². The second kappa shape index (κ2) is 8.71. The summed E-state index contributed by atoms with van der Waals surface area (Å²) < 4.78 is 0. The lowest BCUT2D eigenvalue weighted by Gasteiger charge is -2.13. The van der Waals surface area contributed by atoms with Gasteiger partial charge < -0.3 is 10.2 Å². The molecule has 0 bridgehead atoms. The number of hydrogen-bond acceptors (Lipinski definition) is 5. The predicted octanol–water partition coefficient (Wildman–Crippen LogP) is 4.39. The lowest BCUT2D eigenvalue weighted by atomic mass is 10.2. The van der Waals surface area contributed by atoms with Crippen molar-refractivity contribution in [2.75, 3.05) is 30.9 Å². The quantitative estimate of drug-likeness (QED) is 0.714. The van der Waals surface area contributed by atoms with Crippen LogP contribution in [0.3, 0.4) is 0 Å². The fourth-order valence-electron chi connectivity index (χ4n) is 2.67. The fraction of sp³-hybridized carbons (Fsp3) is 0.190. The number of rotatable bonds is 5. The van der Waals surface area contributed by atoms with Crippen molar-refractivity contribution < 1.29 is 14.4 Å². The number of thioether (sulfide) groups is 1. The van der Waals surface area contributed by atoms with Crippen LogP contribution in [0.15, 0.2) is 47.4 Å². The third-order valence-corrected chi connectivity index (χ3v) is 5.65. The second-order valence-corrected chi connectivity index (χ2v) is 8.17. The normalized spacial score (nSPS) is 15.2. The summed E-state index contributed by atoms with van der Waals surface area (Å²) >= 11 is 6.88. The Morgan fingerprint density at radius 1 is 1.17 bits per heavy atom. The molecule has 6 nitrogen and oxygen atoms in total. The molecule has 1 heterocycles.